The molecule has 0 saturated heterocycles. The number of nitrogens with one attached hydrogen (secondary N) is 2. The summed E-state index contributed by atoms with van der Waals surface area (Å²) in [5, 5.41) is 0. The van der Waals surface area contributed by atoms with Crippen LogP contribution < -0.4 is 24.0 Å². The van der Waals surface area contributed by atoms with Gasteiger partial charge in [-0.1, -0.05) is 56.2 Å². The molecule has 0 aromatic heterocycles. The molecule has 0 radical (unpaired) electrons. The summed E-state index contributed by atoms with van der Waals surface area (Å²) in [6, 6.07) is 16.8. The van der Waals surface area contributed by atoms with E-state index in [1.54, 1.807) is 0 Å². The number of aryl methyl sites for hydroxylation is 2. The Balaban J connectivity index is 0. The number of rotatable bonds is 2. The molecule has 0 spiro atoms. The molecule has 0 bridgehead atoms. The van der Waals surface area contributed by atoms with Gasteiger partial charge in [0, 0.05) is 0 Å². The Hall–Kier alpha value is -0.222. The van der Waals surface area contributed by atoms with Crippen LogP contribution in [0.5, 0.6) is 0 Å². The van der Waals surface area contributed by atoms with Gasteiger partial charge >= 0.3 is 21.1 Å². The standard InChI is InChI=1S/C9H12N.C9H11N.HI.Pt/c2*1-7-3-5-9(6-4-7)8(2)10;;/h3-6,8,10H,1-2H3;3-5,8,10H,1-2H3;1H;/q-1;-2;;+4/p-1/t2*8-;;/m10../s1. The fraction of sp³-hybridized carbons (Fsp3) is 0.333. The van der Waals surface area contributed by atoms with Gasteiger partial charge in [0.15, 0.2) is 0 Å². The molecule has 0 unspecified atom stereocenters. The third-order valence-corrected chi connectivity index (χ3v) is 3.04. The smallest absolute Gasteiger partial charge is 1.00 e. The summed E-state index contributed by atoms with van der Waals surface area (Å²) < 4.78 is 0. The summed E-state index contributed by atoms with van der Waals surface area (Å²) >= 11 is 0. The predicted octanol–water partition coefficient (Wildman–Crippen LogP) is 3.02. The summed E-state index contributed by atoms with van der Waals surface area (Å²) in [6.07, 6.45) is 0. The third kappa shape index (κ3) is 9.04. The van der Waals surface area contributed by atoms with Gasteiger partial charge in [0.05, 0.1) is 0 Å². The molecule has 0 aliphatic rings. The first-order chi connectivity index (χ1) is 9.40. The Kier molecular flexibility index (Phi) is 13.4. The van der Waals surface area contributed by atoms with E-state index in [1.807, 2.05) is 63.2 Å². The maximum absolute atomic E-state index is 7.39. The Morgan fingerprint density at radius 3 is 1.68 bits per heavy atom. The first-order valence-electron chi connectivity index (χ1n) is 6.87. The van der Waals surface area contributed by atoms with Crippen molar-refractivity contribution in [3.63, 3.8) is 0 Å². The van der Waals surface area contributed by atoms with E-state index >= 15 is 0 Å². The summed E-state index contributed by atoms with van der Waals surface area (Å²) in [6.45, 7) is 7.80. The molecule has 2 N–H and O–H groups in total. The molecule has 0 fully saturated rings. The van der Waals surface area contributed by atoms with Crippen molar-refractivity contribution in [2.45, 2.75) is 39.8 Å². The van der Waals surface area contributed by atoms with Crippen LogP contribution in [0.2, 0.25) is 0 Å². The quantitative estimate of drug-likeness (QED) is 0.383. The minimum absolute atomic E-state index is 0. The van der Waals surface area contributed by atoms with E-state index in [1.165, 1.54) is 11.1 Å². The van der Waals surface area contributed by atoms with Gasteiger partial charge in [0.1, 0.15) is 0 Å². The van der Waals surface area contributed by atoms with Crippen LogP contribution in [0.1, 0.15) is 48.2 Å². The summed E-state index contributed by atoms with van der Waals surface area (Å²) in [5.41, 5.74) is 19.3. The first kappa shape index (κ1) is 24.0. The molecule has 0 heterocycles. The van der Waals surface area contributed by atoms with E-state index in [2.05, 4.69) is 13.0 Å². The van der Waals surface area contributed by atoms with Crippen LogP contribution in [0, 0.1) is 19.9 Å². The number of benzene rings is 2. The van der Waals surface area contributed by atoms with Crippen LogP contribution in [0.4, 0.5) is 0 Å². The fourth-order valence-corrected chi connectivity index (χ4v) is 1.64. The van der Waals surface area contributed by atoms with E-state index in [0.717, 1.165) is 11.1 Å². The largest absolute Gasteiger partial charge is 4.00 e. The van der Waals surface area contributed by atoms with Gasteiger partial charge in [0.2, 0.25) is 0 Å². The van der Waals surface area contributed by atoms with Crippen molar-refractivity contribution < 1.29 is 45.0 Å². The van der Waals surface area contributed by atoms with Gasteiger partial charge in [-0.05, 0) is 6.92 Å². The molecule has 0 saturated carbocycles. The van der Waals surface area contributed by atoms with Crippen LogP contribution in [-0.2, 0) is 21.1 Å². The van der Waals surface area contributed by atoms with E-state index in [0.29, 0.717) is 0 Å². The third-order valence-electron chi connectivity index (χ3n) is 3.04. The van der Waals surface area contributed by atoms with Gasteiger partial charge < -0.3 is 35.4 Å². The summed E-state index contributed by atoms with van der Waals surface area (Å²) in [7, 11) is 0. The van der Waals surface area contributed by atoms with E-state index in [9.17, 15) is 0 Å². The van der Waals surface area contributed by atoms with Gasteiger partial charge in [-0.2, -0.15) is 35.4 Å². The van der Waals surface area contributed by atoms with Crippen LogP contribution in [0.3, 0.4) is 0 Å². The number of hydrogen-bond acceptors (Lipinski definition) is 0. The second-order valence-corrected chi connectivity index (χ2v) is 5.18. The maximum atomic E-state index is 7.39. The Morgan fingerprint density at radius 2 is 1.32 bits per heavy atom. The van der Waals surface area contributed by atoms with Crippen LogP contribution in [-0.4, -0.2) is 0 Å². The van der Waals surface area contributed by atoms with Gasteiger partial charge in [-0.3, -0.25) is 0 Å². The molecule has 2 aromatic carbocycles. The molecule has 2 rings (SSSR count). The van der Waals surface area contributed by atoms with Gasteiger partial charge in [-0.25, -0.2) is 0 Å². The topological polar surface area (TPSA) is 47.6 Å². The normalized spacial score (nSPS) is 11.9. The van der Waals surface area contributed by atoms with Gasteiger partial charge in [-0.15, -0.1) is 12.1 Å². The van der Waals surface area contributed by atoms with Crippen molar-refractivity contribution in [1.29, 1.82) is 0 Å². The molecule has 0 aliphatic heterocycles. The fourth-order valence-electron chi connectivity index (χ4n) is 1.64. The minimum atomic E-state index is -0.152. The Labute approximate surface area is 166 Å². The predicted molar refractivity (Wildman–Crippen MR) is 86.7 cm³/mol. The Morgan fingerprint density at radius 1 is 0.818 bits per heavy atom. The summed E-state index contributed by atoms with van der Waals surface area (Å²) in [4.78, 5) is 0. The minimum Gasteiger partial charge on any atom is -1.00 e. The first-order valence-corrected chi connectivity index (χ1v) is 6.87. The molecule has 2 atom stereocenters. The zero-order valence-corrected chi connectivity index (χ0v) is 17.8. The molecule has 2 aromatic rings. The second-order valence-electron chi connectivity index (χ2n) is 5.18. The van der Waals surface area contributed by atoms with Crippen molar-refractivity contribution in [1.82, 2.24) is 0 Å². The van der Waals surface area contributed by atoms with Gasteiger partial charge in [0.25, 0.3) is 0 Å². The van der Waals surface area contributed by atoms with Crippen molar-refractivity contribution in [3.05, 3.63) is 82.3 Å². The van der Waals surface area contributed by atoms with E-state index in [-0.39, 0.29) is 57.1 Å². The van der Waals surface area contributed by atoms with Crippen molar-refractivity contribution in [2.24, 2.45) is 0 Å². The van der Waals surface area contributed by atoms with Crippen LogP contribution in [0.15, 0.2) is 42.5 Å². The molecule has 0 amide bonds. The zero-order valence-electron chi connectivity index (χ0n) is 13.4. The molecule has 2 nitrogen and oxygen atoms in total. The molecule has 122 valence electrons. The zero-order chi connectivity index (χ0) is 15.1. The Bertz CT molecular complexity index is 458. The van der Waals surface area contributed by atoms with Crippen molar-refractivity contribution in [2.75, 3.05) is 0 Å². The average Bonchev–Trinajstić information content (AvgIpc) is 2.40. The van der Waals surface area contributed by atoms with Crippen LogP contribution >= 0.6 is 0 Å². The maximum Gasteiger partial charge on any atom is 4.00 e. The molecular weight excluding hydrogens is 566 g/mol. The molecular formula is C18H23IN2Pt. The monoisotopic (exact) mass is 589 g/mol. The molecule has 0 aliphatic carbocycles. The summed E-state index contributed by atoms with van der Waals surface area (Å²) in [5.74, 6) is 0. The SMILES string of the molecule is Cc1c[c-]c([C@H](C)[NH-])cc1.Cc1ccc([C@@H](C)[NH-])cc1.[I-].[Pt+4]. The van der Waals surface area contributed by atoms with Crippen LogP contribution in [0.25, 0.3) is 11.5 Å². The van der Waals surface area contributed by atoms with E-state index in [4.69, 9.17) is 11.5 Å². The average molecular weight is 589 g/mol. The van der Waals surface area contributed by atoms with Crippen molar-refractivity contribution in [3.8, 4) is 0 Å². The molecule has 22 heavy (non-hydrogen) atoms. The number of halogens is 1. The molecule has 4 heteroatoms. The van der Waals surface area contributed by atoms with E-state index < -0.39 is 0 Å². The van der Waals surface area contributed by atoms with Crippen molar-refractivity contribution >= 4 is 0 Å². The number of hydrogen-bond donors (Lipinski definition) is 0. The second kappa shape index (κ2) is 12.2.